The highest BCUT2D eigenvalue weighted by atomic mass is 35.5. The van der Waals surface area contributed by atoms with Crippen LogP contribution in [0, 0.1) is 5.92 Å². The van der Waals surface area contributed by atoms with Crippen LogP contribution in [0.25, 0.3) is 11.1 Å². The summed E-state index contributed by atoms with van der Waals surface area (Å²) in [6.07, 6.45) is 3.51. The molecule has 3 heterocycles. The molecule has 5 nitrogen and oxygen atoms in total. The summed E-state index contributed by atoms with van der Waals surface area (Å²) in [5.41, 5.74) is 1.48. The fourth-order valence-corrected chi connectivity index (χ4v) is 3.35. The van der Waals surface area contributed by atoms with Crippen LogP contribution in [0.2, 0.25) is 5.02 Å². The van der Waals surface area contributed by atoms with Crippen LogP contribution < -0.4 is 4.90 Å². The van der Waals surface area contributed by atoms with Gasteiger partial charge in [-0.3, -0.25) is 4.79 Å². The van der Waals surface area contributed by atoms with Crippen LogP contribution in [0.5, 0.6) is 0 Å². The van der Waals surface area contributed by atoms with Crippen LogP contribution in [-0.4, -0.2) is 42.0 Å². The summed E-state index contributed by atoms with van der Waals surface area (Å²) >= 11 is 5.95. The van der Waals surface area contributed by atoms with Gasteiger partial charge in [-0.15, -0.1) is 0 Å². The van der Waals surface area contributed by atoms with Crippen molar-refractivity contribution in [2.24, 2.45) is 5.92 Å². The molecule has 2 aliphatic rings. The third-order valence-electron chi connectivity index (χ3n) is 4.51. The number of amides is 1. The van der Waals surface area contributed by atoms with Crippen molar-refractivity contribution in [1.29, 1.82) is 0 Å². The maximum absolute atomic E-state index is 12.4. The van der Waals surface area contributed by atoms with Crippen molar-refractivity contribution >= 4 is 34.6 Å². The molecule has 2 aromatic rings. The lowest BCUT2D eigenvalue weighted by Crippen LogP contribution is -2.55. The second-order valence-corrected chi connectivity index (χ2v) is 6.53. The average molecular weight is 320 g/mol. The third kappa shape index (κ3) is 2.43. The molecule has 0 saturated carbocycles. The van der Waals surface area contributed by atoms with Crippen molar-refractivity contribution < 1.29 is 9.21 Å². The van der Waals surface area contributed by atoms with Gasteiger partial charge >= 0.3 is 0 Å². The summed E-state index contributed by atoms with van der Waals surface area (Å²) in [5, 5.41) is 0.636. The van der Waals surface area contributed by atoms with E-state index >= 15 is 0 Å². The zero-order chi connectivity index (χ0) is 15.1. The number of likely N-dealkylation sites (tertiary alicyclic amines) is 1. The molecule has 0 unspecified atom stereocenters. The van der Waals surface area contributed by atoms with Crippen molar-refractivity contribution in [3.63, 3.8) is 0 Å². The Bertz CT molecular complexity index is 702. The Morgan fingerprint density at radius 2 is 2.00 bits per heavy atom. The number of hydrogen-bond acceptors (Lipinski definition) is 4. The molecule has 2 saturated heterocycles. The van der Waals surface area contributed by atoms with Gasteiger partial charge in [0.05, 0.1) is 5.92 Å². The highest BCUT2D eigenvalue weighted by Crippen LogP contribution is 2.30. The van der Waals surface area contributed by atoms with Crippen molar-refractivity contribution in [1.82, 2.24) is 9.88 Å². The van der Waals surface area contributed by atoms with Crippen LogP contribution >= 0.6 is 11.6 Å². The molecule has 22 heavy (non-hydrogen) atoms. The Kier molecular flexibility index (Phi) is 3.45. The lowest BCUT2D eigenvalue weighted by atomic mass is 9.98. The zero-order valence-corrected chi connectivity index (χ0v) is 13.1. The minimum atomic E-state index is 0.0803. The first-order valence-electron chi connectivity index (χ1n) is 7.80. The van der Waals surface area contributed by atoms with E-state index < -0.39 is 0 Å². The van der Waals surface area contributed by atoms with Crippen molar-refractivity contribution in [2.45, 2.75) is 19.3 Å². The molecule has 4 rings (SSSR count). The molecule has 6 heteroatoms. The minimum Gasteiger partial charge on any atom is -0.423 e. The minimum absolute atomic E-state index is 0.0803. The lowest BCUT2D eigenvalue weighted by Gasteiger charge is -2.40. The quantitative estimate of drug-likeness (QED) is 0.854. The van der Waals surface area contributed by atoms with E-state index in [2.05, 4.69) is 4.98 Å². The second-order valence-electron chi connectivity index (χ2n) is 6.10. The molecular formula is C16H18ClN3O2. The summed E-state index contributed by atoms with van der Waals surface area (Å²) in [7, 11) is 0. The number of anilines is 1. The number of oxazole rings is 1. The van der Waals surface area contributed by atoms with Crippen LogP contribution in [0.3, 0.4) is 0 Å². The molecule has 2 fully saturated rings. The Hall–Kier alpha value is -1.75. The molecule has 0 spiro atoms. The van der Waals surface area contributed by atoms with Gasteiger partial charge in [0.1, 0.15) is 5.52 Å². The summed E-state index contributed by atoms with van der Waals surface area (Å²) < 4.78 is 5.73. The number of piperidine rings is 1. The van der Waals surface area contributed by atoms with Gasteiger partial charge in [0.2, 0.25) is 5.91 Å². The highest BCUT2D eigenvalue weighted by molar-refractivity contribution is 6.31. The topological polar surface area (TPSA) is 49.6 Å². The fraction of sp³-hybridized carbons (Fsp3) is 0.500. The lowest BCUT2D eigenvalue weighted by molar-refractivity contribution is -0.137. The van der Waals surface area contributed by atoms with E-state index in [1.165, 1.54) is 6.42 Å². The first kappa shape index (κ1) is 13.9. The Labute approximate surface area is 133 Å². The third-order valence-corrected chi connectivity index (χ3v) is 4.74. The number of hydrogen-bond donors (Lipinski definition) is 0. The van der Waals surface area contributed by atoms with Gasteiger partial charge in [-0.25, -0.2) is 0 Å². The van der Waals surface area contributed by atoms with Crippen molar-refractivity contribution in [3.8, 4) is 0 Å². The predicted octanol–water partition coefficient (Wildman–Crippen LogP) is 2.93. The van der Waals surface area contributed by atoms with Gasteiger partial charge in [0.15, 0.2) is 5.58 Å². The average Bonchev–Trinajstić information content (AvgIpc) is 2.89. The van der Waals surface area contributed by atoms with E-state index in [1.54, 1.807) is 12.1 Å². The molecule has 0 N–H and O–H groups in total. The zero-order valence-electron chi connectivity index (χ0n) is 12.3. The summed E-state index contributed by atoms with van der Waals surface area (Å²) in [5.74, 6) is 0.367. The van der Waals surface area contributed by atoms with E-state index in [0.717, 1.165) is 31.4 Å². The molecule has 116 valence electrons. The molecular weight excluding hydrogens is 302 g/mol. The maximum Gasteiger partial charge on any atom is 0.298 e. The number of rotatable bonds is 2. The summed E-state index contributed by atoms with van der Waals surface area (Å²) in [6.45, 7) is 3.21. The molecule has 1 aromatic heterocycles. The Morgan fingerprint density at radius 3 is 2.77 bits per heavy atom. The van der Waals surface area contributed by atoms with Crippen LogP contribution in [-0.2, 0) is 4.79 Å². The van der Waals surface area contributed by atoms with Gasteiger partial charge in [-0.2, -0.15) is 4.98 Å². The first-order valence-corrected chi connectivity index (χ1v) is 8.18. The first-order chi connectivity index (χ1) is 10.7. The standard InChI is InChI=1S/C16H18ClN3O2/c17-12-4-5-13-14(8-12)22-16(18-13)20-9-11(10-20)15(21)19-6-2-1-3-7-19/h4-5,8,11H,1-3,6-7,9-10H2. The maximum atomic E-state index is 12.4. The normalized spacial score (nSPS) is 19.5. The monoisotopic (exact) mass is 319 g/mol. The van der Waals surface area contributed by atoms with E-state index in [0.29, 0.717) is 29.7 Å². The number of carbonyl (C=O) groups excluding carboxylic acids is 1. The van der Waals surface area contributed by atoms with Gasteiger partial charge in [0, 0.05) is 37.3 Å². The number of halogens is 1. The number of fused-ring (bicyclic) bond motifs is 1. The van der Waals surface area contributed by atoms with Gasteiger partial charge in [-0.05, 0) is 31.4 Å². The SMILES string of the molecule is O=C(C1CN(c2nc3ccc(Cl)cc3o2)C1)N1CCCCC1. The smallest absolute Gasteiger partial charge is 0.298 e. The Morgan fingerprint density at radius 1 is 1.23 bits per heavy atom. The van der Waals surface area contributed by atoms with Crippen LogP contribution in [0.1, 0.15) is 19.3 Å². The van der Waals surface area contributed by atoms with Crippen molar-refractivity contribution in [2.75, 3.05) is 31.1 Å². The molecule has 2 aliphatic heterocycles. The number of benzene rings is 1. The van der Waals surface area contributed by atoms with Gasteiger partial charge in [0.25, 0.3) is 6.01 Å². The summed E-state index contributed by atoms with van der Waals surface area (Å²) in [6, 6.07) is 6.00. The molecule has 1 amide bonds. The van der Waals surface area contributed by atoms with Crippen LogP contribution in [0.4, 0.5) is 6.01 Å². The molecule has 0 radical (unpaired) electrons. The van der Waals surface area contributed by atoms with Gasteiger partial charge in [-0.1, -0.05) is 11.6 Å². The molecule has 0 aliphatic carbocycles. The van der Waals surface area contributed by atoms with E-state index in [9.17, 15) is 4.79 Å². The number of aromatic nitrogens is 1. The van der Waals surface area contributed by atoms with Gasteiger partial charge < -0.3 is 14.2 Å². The van der Waals surface area contributed by atoms with E-state index in [1.807, 2.05) is 15.9 Å². The molecule has 0 atom stereocenters. The largest absolute Gasteiger partial charge is 0.423 e. The Balaban J connectivity index is 1.42. The highest BCUT2D eigenvalue weighted by Gasteiger charge is 2.37. The fourth-order valence-electron chi connectivity index (χ4n) is 3.19. The second kappa shape index (κ2) is 5.47. The number of carbonyl (C=O) groups is 1. The van der Waals surface area contributed by atoms with Crippen molar-refractivity contribution in [3.05, 3.63) is 23.2 Å². The predicted molar refractivity (Wildman–Crippen MR) is 85.2 cm³/mol. The van der Waals surface area contributed by atoms with Crippen LogP contribution in [0.15, 0.2) is 22.6 Å². The molecule has 0 bridgehead atoms. The summed E-state index contributed by atoms with van der Waals surface area (Å²) in [4.78, 5) is 20.9. The van der Waals surface area contributed by atoms with E-state index in [-0.39, 0.29) is 11.8 Å². The number of nitrogens with zero attached hydrogens (tertiary/aromatic N) is 3. The van der Waals surface area contributed by atoms with E-state index in [4.69, 9.17) is 16.0 Å². The molecule has 1 aromatic carbocycles.